The maximum absolute atomic E-state index is 12.9. The van der Waals surface area contributed by atoms with Gasteiger partial charge in [-0.1, -0.05) is 13.8 Å². The second-order valence-electron chi connectivity index (χ2n) is 9.47. The van der Waals surface area contributed by atoms with E-state index in [0.29, 0.717) is 4.90 Å². The van der Waals surface area contributed by atoms with Gasteiger partial charge in [-0.2, -0.15) is 4.90 Å². The van der Waals surface area contributed by atoms with Gasteiger partial charge >= 0.3 is 31.9 Å². The highest BCUT2D eigenvalue weighted by Crippen LogP contribution is 2.57. The van der Waals surface area contributed by atoms with Crippen LogP contribution in [-0.2, 0) is 51.5 Å². The van der Waals surface area contributed by atoms with E-state index in [1.54, 1.807) is 34.6 Å². The molecule has 2 heterocycles. The first-order valence-electron chi connectivity index (χ1n) is 10.9. The molecular weight excluding hydrogens is 507 g/mol. The molecule has 0 aromatic heterocycles. The van der Waals surface area contributed by atoms with Gasteiger partial charge in [0.25, 0.3) is 0 Å². The molecule has 16 heteroatoms. The SMILES string of the molecule is COC(=O)CCNC(=O)[C@@H]1OP(=O)(OCOC(=O)[C@@H]2COC(=O)N2C(=O)OC(C)(C)C)OCC1(C)C. The molecule has 204 valence electrons. The van der Waals surface area contributed by atoms with Crippen LogP contribution in [0.1, 0.15) is 41.0 Å². The van der Waals surface area contributed by atoms with Gasteiger partial charge in [0.05, 0.1) is 20.1 Å². The molecule has 0 radical (unpaired) electrons. The highest BCUT2D eigenvalue weighted by molar-refractivity contribution is 7.48. The first kappa shape index (κ1) is 29.5. The van der Waals surface area contributed by atoms with Crippen LogP contribution in [0.2, 0.25) is 0 Å². The summed E-state index contributed by atoms with van der Waals surface area (Å²) < 4.78 is 47.5. The molecule has 0 aliphatic carbocycles. The van der Waals surface area contributed by atoms with Gasteiger partial charge in [-0.3, -0.25) is 18.6 Å². The number of esters is 2. The third-order valence-electron chi connectivity index (χ3n) is 4.78. The molecule has 2 fully saturated rings. The van der Waals surface area contributed by atoms with Gasteiger partial charge in [-0.25, -0.2) is 23.5 Å². The lowest BCUT2D eigenvalue weighted by Crippen LogP contribution is -2.50. The van der Waals surface area contributed by atoms with E-state index >= 15 is 0 Å². The number of ether oxygens (including phenoxy) is 4. The molecule has 0 aromatic carbocycles. The van der Waals surface area contributed by atoms with Crippen LogP contribution in [-0.4, -0.2) is 86.3 Å². The van der Waals surface area contributed by atoms with Crippen molar-refractivity contribution in [2.75, 3.05) is 33.7 Å². The number of amides is 3. The first-order valence-corrected chi connectivity index (χ1v) is 12.3. The lowest BCUT2D eigenvalue weighted by molar-refractivity contribution is -0.159. The highest BCUT2D eigenvalue weighted by atomic mass is 31.2. The summed E-state index contributed by atoms with van der Waals surface area (Å²) in [4.78, 5) is 60.8. The van der Waals surface area contributed by atoms with E-state index in [4.69, 9.17) is 27.8 Å². The number of cyclic esters (lactones) is 1. The summed E-state index contributed by atoms with van der Waals surface area (Å²) in [6.07, 6.45) is -3.57. The van der Waals surface area contributed by atoms with Crippen molar-refractivity contribution in [2.24, 2.45) is 5.41 Å². The molecule has 36 heavy (non-hydrogen) atoms. The zero-order chi connectivity index (χ0) is 27.3. The molecule has 1 N–H and O–H groups in total. The quantitative estimate of drug-likeness (QED) is 0.203. The number of phosphoric acid groups is 1. The summed E-state index contributed by atoms with van der Waals surface area (Å²) in [5, 5.41) is 2.48. The van der Waals surface area contributed by atoms with E-state index < -0.39 is 74.4 Å². The number of nitrogens with one attached hydrogen (secondary N) is 1. The Morgan fingerprint density at radius 1 is 1.22 bits per heavy atom. The Morgan fingerprint density at radius 3 is 2.50 bits per heavy atom. The number of carbonyl (C=O) groups excluding carboxylic acids is 5. The predicted molar refractivity (Wildman–Crippen MR) is 117 cm³/mol. The van der Waals surface area contributed by atoms with Crippen molar-refractivity contribution in [3.8, 4) is 0 Å². The fourth-order valence-electron chi connectivity index (χ4n) is 2.93. The van der Waals surface area contributed by atoms with Crippen molar-refractivity contribution in [2.45, 2.75) is 58.8 Å². The standard InChI is InChI=1S/C20H31N2O13P/c1-19(2,3)34-18(27)22-12(9-30-17(22)26)16(25)31-11-33-36(28)32-10-20(4,5)14(35-36)15(24)21-8-7-13(23)29-6/h12,14H,7-11H2,1-6H3,(H,21,24)/t12-,14-,36?/m0/s1. The summed E-state index contributed by atoms with van der Waals surface area (Å²) in [7, 11) is -3.15. The van der Waals surface area contributed by atoms with Gasteiger partial charge in [0, 0.05) is 12.0 Å². The molecule has 2 saturated heterocycles. The van der Waals surface area contributed by atoms with Crippen LogP contribution in [0.15, 0.2) is 0 Å². The summed E-state index contributed by atoms with van der Waals surface area (Å²) >= 11 is 0. The average Bonchev–Trinajstić information content (AvgIpc) is 3.16. The molecule has 2 aliphatic heterocycles. The summed E-state index contributed by atoms with van der Waals surface area (Å²) in [5.74, 6) is -2.30. The van der Waals surface area contributed by atoms with Gasteiger partial charge < -0.3 is 24.3 Å². The van der Waals surface area contributed by atoms with Gasteiger partial charge in [-0.05, 0) is 20.8 Å². The van der Waals surface area contributed by atoms with Crippen molar-refractivity contribution < 1.29 is 61.1 Å². The number of hydrogen-bond donors (Lipinski definition) is 1. The van der Waals surface area contributed by atoms with Crippen LogP contribution in [0.25, 0.3) is 0 Å². The van der Waals surface area contributed by atoms with E-state index in [9.17, 15) is 28.5 Å². The minimum atomic E-state index is -4.36. The Kier molecular flexibility index (Phi) is 9.46. The Labute approximate surface area is 207 Å². The molecule has 2 aliphatic rings. The molecule has 15 nitrogen and oxygen atoms in total. The highest BCUT2D eigenvalue weighted by Gasteiger charge is 2.50. The maximum Gasteiger partial charge on any atom is 0.478 e. The van der Waals surface area contributed by atoms with Gasteiger partial charge in [-0.15, -0.1) is 0 Å². The van der Waals surface area contributed by atoms with E-state index in [1.165, 1.54) is 7.11 Å². The summed E-state index contributed by atoms with van der Waals surface area (Å²) in [5.41, 5.74) is -1.86. The molecule has 0 saturated carbocycles. The molecule has 2 rings (SSSR count). The minimum Gasteiger partial charge on any atom is -0.469 e. The largest absolute Gasteiger partial charge is 0.478 e. The fraction of sp³-hybridized carbons (Fsp3) is 0.750. The maximum atomic E-state index is 12.9. The molecule has 0 spiro atoms. The zero-order valence-electron chi connectivity index (χ0n) is 20.9. The Balaban J connectivity index is 1.94. The number of imide groups is 1. The van der Waals surface area contributed by atoms with Crippen LogP contribution < -0.4 is 5.32 Å². The Bertz CT molecular complexity index is 929. The first-order chi connectivity index (χ1) is 16.6. The fourth-order valence-corrected chi connectivity index (χ4v) is 4.44. The van der Waals surface area contributed by atoms with Crippen molar-refractivity contribution >= 4 is 37.9 Å². The lowest BCUT2D eigenvalue weighted by Gasteiger charge is -2.39. The van der Waals surface area contributed by atoms with Crippen LogP contribution >= 0.6 is 7.82 Å². The average molecular weight is 538 g/mol. The normalized spacial score (nSPS) is 25.5. The number of phosphoric ester groups is 1. The van der Waals surface area contributed by atoms with Crippen LogP contribution in [0.3, 0.4) is 0 Å². The second kappa shape index (κ2) is 11.5. The van der Waals surface area contributed by atoms with E-state index in [0.717, 1.165) is 0 Å². The number of hydrogen-bond acceptors (Lipinski definition) is 13. The number of rotatable bonds is 8. The molecule has 1 unspecified atom stereocenters. The number of methoxy groups -OCH3 is 1. The van der Waals surface area contributed by atoms with Gasteiger partial charge in [0.2, 0.25) is 12.7 Å². The number of nitrogens with zero attached hydrogens (tertiary/aromatic N) is 1. The second-order valence-corrected chi connectivity index (χ2v) is 11.1. The van der Waals surface area contributed by atoms with Crippen LogP contribution in [0.5, 0.6) is 0 Å². The number of carbonyl (C=O) groups is 5. The van der Waals surface area contributed by atoms with Gasteiger partial charge in [0.15, 0.2) is 12.1 Å². The lowest BCUT2D eigenvalue weighted by atomic mass is 9.87. The van der Waals surface area contributed by atoms with Crippen molar-refractivity contribution in [1.29, 1.82) is 0 Å². The molecule has 0 bridgehead atoms. The third kappa shape index (κ3) is 7.88. The van der Waals surface area contributed by atoms with E-state index in [1.807, 2.05) is 0 Å². The van der Waals surface area contributed by atoms with Crippen LogP contribution in [0.4, 0.5) is 9.59 Å². The Hall–Kier alpha value is -2.74. The smallest absolute Gasteiger partial charge is 0.469 e. The minimum absolute atomic E-state index is 0.0403. The topological polar surface area (TPSA) is 182 Å². The van der Waals surface area contributed by atoms with E-state index in [2.05, 4.69) is 10.1 Å². The molecule has 3 amide bonds. The van der Waals surface area contributed by atoms with Gasteiger partial charge in [0.1, 0.15) is 12.2 Å². The van der Waals surface area contributed by atoms with E-state index in [-0.39, 0.29) is 19.6 Å². The summed E-state index contributed by atoms with van der Waals surface area (Å²) in [6.45, 7) is 6.30. The predicted octanol–water partition coefficient (Wildman–Crippen LogP) is 1.49. The Morgan fingerprint density at radius 2 is 1.89 bits per heavy atom. The van der Waals surface area contributed by atoms with Crippen molar-refractivity contribution in [3.05, 3.63) is 0 Å². The van der Waals surface area contributed by atoms with Crippen molar-refractivity contribution in [3.63, 3.8) is 0 Å². The molecule has 3 atom stereocenters. The van der Waals surface area contributed by atoms with Crippen molar-refractivity contribution in [1.82, 2.24) is 10.2 Å². The summed E-state index contributed by atoms with van der Waals surface area (Å²) in [6, 6.07) is -1.46. The molecular formula is C20H31N2O13P. The third-order valence-corrected chi connectivity index (χ3v) is 6.12. The van der Waals surface area contributed by atoms with Crippen LogP contribution in [0, 0.1) is 5.41 Å². The monoisotopic (exact) mass is 538 g/mol. The molecule has 0 aromatic rings. The zero-order valence-corrected chi connectivity index (χ0v) is 21.8.